The first kappa shape index (κ1) is 14.4. The Hall–Kier alpha value is -2.71. The van der Waals surface area contributed by atoms with Crippen molar-refractivity contribution in [3.05, 3.63) is 66.2 Å². The molecule has 2 aromatic rings. The van der Waals surface area contributed by atoms with Crippen LogP contribution >= 0.6 is 0 Å². The molecule has 0 bridgehead atoms. The van der Waals surface area contributed by atoms with E-state index in [1.54, 1.807) is 24.3 Å². The van der Waals surface area contributed by atoms with Gasteiger partial charge in [0.15, 0.2) is 0 Å². The number of benzene rings is 2. The summed E-state index contributed by atoms with van der Waals surface area (Å²) < 4.78 is 0. The van der Waals surface area contributed by atoms with Crippen LogP contribution in [0.25, 0.3) is 0 Å². The molecule has 1 N–H and O–H groups in total. The van der Waals surface area contributed by atoms with Gasteiger partial charge in [0, 0.05) is 0 Å². The van der Waals surface area contributed by atoms with Crippen LogP contribution in [-0.2, 0) is 16.0 Å². The summed E-state index contributed by atoms with van der Waals surface area (Å²) in [6, 6.07) is 18.5. The van der Waals surface area contributed by atoms with Gasteiger partial charge in [-0.25, -0.2) is 4.79 Å². The average molecular weight is 255 g/mol. The lowest BCUT2D eigenvalue weighted by molar-refractivity contribution is -0.136. The maximum absolute atomic E-state index is 10.3. The molecule has 0 unspecified atom stereocenters. The highest BCUT2D eigenvalue weighted by Gasteiger charge is 2.00. The summed E-state index contributed by atoms with van der Waals surface area (Å²) in [4.78, 5) is 23.6. The molecule has 2 aromatic carbocycles. The Bertz CT molecular complexity index is 534. The molecule has 0 spiro atoms. The lowest BCUT2D eigenvalue weighted by atomic mass is 10.1. The Labute approximate surface area is 111 Å². The normalized spacial score (nSPS) is 8.63. The summed E-state index contributed by atoms with van der Waals surface area (Å²) in [7, 11) is 0. The van der Waals surface area contributed by atoms with Crippen molar-refractivity contribution >= 4 is 17.7 Å². The minimum absolute atomic E-state index is 0.0672. The molecule has 0 aliphatic heterocycles. The molecule has 96 valence electrons. The molecule has 0 saturated carbocycles. The summed E-state index contributed by atoms with van der Waals surface area (Å²) in [6.07, 6.45) is 1.32. The second kappa shape index (κ2) is 8.39. The quantitative estimate of drug-likeness (QED) is 0.677. The minimum atomic E-state index is -0.910. The zero-order valence-corrected chi connectivity index (χ0v) is 10.2. The fourth-order valence-corrected chi connectivity index (χ4v) is 1.35. The third kappa shape index (κ3) is 6.56. The first-order chi connectivity index (χ1) is 9.22. The van der Waals surface area contributed by atoms with Crippen LogP contribution in [0.2, 0.25) is 0 Å². The van der Waals surface area contributed by atoms with E-state index in [0.29, 0.717) is 11.3 Å². The number of isocyanates is 1. The smallest absolute Gasteiger partial charge is 0.307 e. The van der Waals surface area contributed by atoms with Crippen molar-refractivity contribution in [1.29, 1.82) is 0 Å². The molecular weight excluding hydrogens is 242 g/mol. The SMILES string of the molecule is O=C=Nc1cccc(CC(=O)O)c1.c1ccccc1. The first-order valence-electron chi connectivity index (χ1n) is 5.61. The summed E-state index contributed by atoms with van der Waals surface area (Å²) in [5.41, 5.74) is 1.04. The van der Waals surface area contributed by atoms with Crippen molar-refractivity contribution < 1.29 is 14.7 Å². The van der Waals surface area contributed by atoms with Crippen LogP contribution in [0.4, 0.5) is 5.69 Å². The van der Waals surface area contributed by atoms with E-state index in [1.165, 1.54) is 6.08 Å². The minimum Gasteiger partial charge on any atom is -0.481 e. The molecule has 4 heteroatoms. The van der Waals surface area contributed by atoms with Gasteiger partial charge >= 0.3 is 5.97 Å². The van der Waals surface area contributed by atoms with Crippen LogP contribution in [0.5, 0.6) is 0 Å². The van der Waals surface area contributed by atoms with Gasteiger partial charge in [-0.05, 0) is 17.7 Å². The van der Waals surface area contributed by atoms with Crippen LogP contribution in [0.15, 0.2) is 65.7 Å². The van der Waals surface area contributed by atoms with Gasteiger partial charge in [-0.1, -0.05) is 48.5 Å². The third-order valence-corrected chi connectivity index (χ3v) is 2.11. The van der Waals surface area contributed by atoms with Crippen LogP contribution in [0.3, 0.4) is 0 Å². The number of carbonyl (C=O) groups is 1. The van der Waals surface area contributed by atoms with E-state index >= 15 is 0 Å². The number of rotatable bonds is 3. The number of hydrogen-bond donors (Lipinski definition) is 1. The summed E-state index contributed by atoms with van der Waals surface area (Å²) in [5, 5.41) is 8.48. The van der Waals surface area contributed by atoms with Gasteiger partial charge in [0.1, 0.15) is 0 Å². The topological polar surface area (TPSA) is 66.7 Å². The van der Waals surface area contributed by atoms with E-state index in [-0.39, 0.29) is 6.42 Å². The molecule has 0 heterocycles. The van der Waals surface area contributed by atoms with Crippen molar-refractivity contribution in [1.82, 2.24) is 0 Å². The summed E-state index contributed by atoms with van der Waals surface area (Å²) in [5.74, 6) is -0.910. The maximum Gasteiger partial charge on any atom is 0.307 e. The monoisotopic (exact) mass is 255 g/mol. The van der Waals surface area contributed by atoms with E-state index < -0.39 is 5.97 Å². The number of carbonyl (C=O) groups excluding carboxylic acids is 1. The first-order valence-corrected chi connectivity index (χ1v) is 5.61. The van der Waals surface area contributed by atoms with Gasteiger partial charge in [-0.15, -0.1) is 0 Å². The second-order valence-corrected chi connectivity index (χ2v) is 3.60. The summed E-state index contributed by atoms with van der Waals surface area (Å²) >= 11 is 0. The highest BCUT2D eigenvalue weighted by Crippen LogP contribution is 2.13. The predicted molar refractivity (Wildman–Crippen MR) is 72.0 cm³/mol. The zero-order valence-electron chi connectivity index (χ0n) is 10.2. The number of hydrogen-bond acceptors (Lipinski definition) is 3. The van der Waals surface area contributed by atoms with Crippen molar-refractivity contribution in [2.45, 2.75) is 6.42 Å². The third-order valence-electron chi connectivity index (χ3n) is 2.11. The standard InChI is InChI=1S/C9H7NO3.C6H6/c11-6-10-8-3-1-2-7(4-8)5-9(12)13;1-2-4-6-5-3-1/h1-4H,5H2,(H,12,13);1-6H. The Balaban J connectivity index is 0.000000250. The van der Waals surface area contributed by atoms with Crippen LogP contribution in [-0.4, -0.2) is 17.2 Å². The molecule has 0 radical (unpaired) electrons. The van der Waals surface area contributed by atoms with E-state index in [9.17, 15) is 9.59 Å². The fourth-order valence-electron chi connectivity index (χ4n) is 1.35. The van der Waals surface area contributed by atoms with Gasteiger partial charge in [-0.3, -0.25) is 4.79 Å². The molecule has 0 aliphatic rings. The van der Waals surface area contributed by atoms with E-state index in [2.05, 4.69) is 4.99 Å². The van der Waals surface area contributed by atoms with Gasteiger partial charge in [0.2, 0.25) is 6.08 Å². The number of aliphatic carboxylic acids is 1. The number of aliphatic imine (C=N–C) groups is 1. The number of nitrogens with zero attached hydrogens (tertiary/aromatic N) is 1. The predicted octanol–water partition coefficient (Wildman–Crippen LogP) is 2.97. The Morgan fingerprint density at radius 3 is 2.11 bits per heavy atom. The highest BCUT2D eigenvalue weighted by molar-refractivity contribution is 5.70. The second-order valence-electron chi connectivity index (χ2n) is 3.60. The van der Waals surface area contributed by atoms with Crippen molar-refractivity contribution in [3.8, 4) is 0 Å². The molecule has 0 aromatic heterocycles. The Morgan fingerprint density at radius 1 is 1.05 bits per heavy atom. The van der Waals surface area contributed by atoms with Gasteiger partial charge < -0.3 is 5.11 Å². The molecule has 4 nitrogen and oxygen atoms in total. The Kier molecular flexibility index (Phi) is 6.34. The van der Waals surface area contributed by atoms with E-state index in [4.69, 9.17) is 5.11 Å². The number of carboxylic acids is 1. The van der Waals surface area contributed by atoms with Gasteiger partial charge in [0.05, 0.1) is 12.1 Å². The molecule has 2 rings (SSSR count). The van der Waals surface area contributed by atoms with Gasteiger partial charge in [-0.2, -0.15) is 4.99 Å². The van der Waals surface area contributed by atoms with Crippen LogP contribution in [0, 0.1) is 0 Å². The van der Waals surface area contributed by atoms with E-state index in [1.807, 2.05) is 36.4 Å². The molecule has 19 heavy (non-hydrogen) atoms. The molecule has 0 saturated heterocycles. The maximum atomic E-state index is 10.3. The molecular formula is C15H13NO3. The highest BCUT2D eigenvalue weighted by atomic mass is 16.4. The largest absolute Gasteiger partial charge is 0.481 e. The Morgan fingerprint density at radius 2 is 1.63 bits per heavy atom. The summed E-state index contributed by atoms with van der Waals surface area (Å²) in [6.45, 7) is 0. The molecule has 0 fully saturated rings. The fraction of sp³-hybridized carbons (Fsp3) is 0.0667. The van der Waals surface area contributed by atoms with Crippen molar-refractivity contribution in [3.63, 3.8) is 0 Å². The molecule has 0 atom stereocenters. The van der Waals surface area contributed by atoms with Crippen molar-refractivity contribution in [2.24, 2.45) is 4.99 Å². The molecule has 0 amide bonds. The van der Waals surface area contributed by atoms with Crippen molar-refractivity contribution in [2.75, 3.05) is 0 Å². The van der Waals surface area contributed by atoms with Crippen LogP contribution < -0.4 is 0 Å². The zero-order chi connectivity index (χ0) is 13.9. The lowest BCUT2D eigenvalue weighted by Crippen LogP contribution is -1.99. The molecule has 0 aliphatic carbocycles. The van der Waals surface area contributed by atoms with E-state index in [0.717, 1.165) is 0 Å². The van der Waals surface area contributed by atoms with Crippen LogP contribution in [0.1, 0.15) is 5.56 Å². The number of carboxylic acid groups (broad SMARTS) is 1. The van der Waals surface area contributed by atoms with Gasteiger partial charge in [0.25, 0.3) is 0 Å². The average Bonchev–Trinajstić information content (AvgIpc) is 2.41. The lowest BCUT2D eigenvalue weighted by Gasteiger charge is -1.96.